The van der Waals surface area contributed by atoms with Gasteiger partial charge >= 0.3 is 0 Å². The number of sulfonamides is 1. The van der Waals surface area contributed by atoms with E-state index < -0.39 is 15.9 Å². The lowest BCUT2D eigenvalue weighted by atomic mass is 10.1. The largest absolute Gasteiger partial charge is 0.378 e. The number of hydrogen-bond acceptors (Lipinski definition) is 5. The number of anilines is 1. The van der Waals surface area contributed by atoms with Gasteiger partial charge in [0.15, 0.2) is 0 Å². The fraction of sp³-hybridized carbons (Fsp3) is 0.429. The van der Waals surface area contributed by atoms with Crippen LogP contribution in [0.25, 0.3) is 0 Å². The van der Waals surface area contributed by atoms with Crippen molar-refractivity contribution < 1.29 is 22.7 Å². The predicted octanol–water partition coefficient (Wildman–Crippen LogP) is 0.879. The van der Waals surface area contributed by atoms with E-state index in [1.165, 1.54) is 18.2 Å². The van der Waals surface area contributed by atoms with Crippen LogP contribution in [0.3, 0.4) is 0 Å². The van der Waals surface area contributed by atoms with Gasteiger partial charge in [0.25, 0.3) is 5.91 Å². The summed E-state index contributed by atoms with van der Waals surface area (Å²) in [5.41, 5.74) is 0.442. The van der Waals surface area contributed by atoms with Crippen molar-refractivity contribution in [3.63, 3.8) is 0 Å². The first-order chi connectivity index (χ1) is 10.9. The van der Waals surface area contributed by atoms with Crippen molar-refractivity contribution in [3.05, 3.63) is 28.8 Å². The standard InChI is InChI=1S/C14H15ClN2O5S/c15-12-9-10(17-13(18)3-8-23(17,20)21)1-2-11(12)14(19)16-4-6-22-7-5-16/h1-2,9H,3-8H2. The van der Waals surface area contributed by atoms with Crippen LogP contribution in [-0.2, 0) is 19.6 Å². The van der Waals surface area contributed by atoms with E-state index >= 15 is 0 Å². The number of halogens is 1. The van der Waals surface area contributed by atoms with Crippen molar-refractivity contribution in [1.29, 1.82) is 0 Å². The first kappa shape index (κ1) is 16.2. The Labute approximate surface area is 138 Å². The minimum absolute atomic E-state index is 0.0472. The second-order valence-electron chi connectivity index (χ2n) is 5.29. The lowest BCUT2D eigenvalue weighted by Gasteiger charge is -2.27. The second-order valence-corrected chi connectivity index (χ2v) is 7.64. The second kappa shape index (κ2) is 6.10. The third kappa shape index (κ3) is 3.06. The molecule has 2 aliphatic rings. The Balaban J connectivity index is 1.89. The quantitative estimate of drug-likeness (QED) is 0.783. The van der Waals surface area contributed by atoms with Crippen LogP contribution in [0.5, 0.6) is 0 Å². The van der Waals surface area contributed by atoms with Gasteiger partial charge in [0.1, 0.15) is 0 Å². The predicted molar refractivity (Wildman–Crippen MR) is 84.1 cm³/mol. The highest BCUT2D eigenvalue weighted by Crippen LogP contribution is 2.30. The summed E-state index contributed by atoms with van der Waals surface area (Å²) < 4.78 is 29.8. The normalized spacial score (nSPS) is 20.8. The fourth-order valence-corrected chi connectivity index (χ4v) is 4.32. The van der Waals surface area contributed by atoms with Crippen LogP contribution in [0.2, 0.25) is 5.02 Å². The maximum Gasteiger partial charge on any atom is 0.255 e. The van der Waals surface area contributed by atoms with E-state index in [0.717, 1.165) is 4.31 Å². The van der Waals surface area contributed by atoms with Gasteiger partial charge in [-0.3, -0.25) is 9.59 Å². The molecule has 23 heavy (non-hydrogen) atoms. The molecule has 0 atom stereocenters. The summed E-state index contributed by atoms with van der Waals surface area (Å²) in [6.07, 6.45) is -0.0472. The van der Waals surface area contributed by atoms with Crippen molar-refractivity contribution in [1.82, 2.24) is 4.90 Å². The van der Waals surface area contributed by atoms with Gasteiger partial charge in [0.2, 0.25) is 15.9 Å². The minimum atomic E-state index is -3.65. The zero-order valence-electron chi connectivity index (χ0n) is 12.2. The molecule has 0 unspecified atom stereocenters. The van der Waals surface area contributed by atoms with Crippen LogP contribution in [0.4, 0.5) is 5.69 Å². The summed E-state index contributed by atoms with van der Waals surface area (Å²) in [5, 5.41) is 0.119. The van der Waals surface area contributed by atoms with Crippen LogP contribution in [0.15, 0.2) is 18.2 Å². The molecule has 1 aromatic carbocycles. The van der Waals surface area contributed by atoms with Crippen LogP contribution >= 0.6 is 11.6 Å². The number of amides is 2. The molecule has 2 saturated heterocycles. The zero-order chi connectivity index (χ0) is 16.6. The van der Waals surface area contributed by atoms with Gasteiger partial charge in [-0.15, -0.1) is 0 Å². The highest BCUT2D eigenvalue weighted by Gasteiger charge is 2.36. The van der Waals surface area contributed by atoms with E-state index in [-0.39, 0.29) is 34.4 Å². The Morgan fingerprint density at radius 2 is 1.91 bits per heavy atom. The van der Waals surface area contributed by atoms with E-state index in [9.17, 15) is 18.0 Å². The fourth-order valence-electron chi connectivity index (χ4n) is 2.61. The summed E-state index contributed by atoms with van der Waals surface area (Å²) >= 11 is 6.15. The summed E-state index contributed by atoms with van der Waals surface area (Å²) in [4.78, 5) is 25.8. The molecule has 2 amide bonds. The van der Waals surface area contributed by atoms with Gasteiger partial charge in [0, 0.05) is 19.5 Å². The molecule has 2 aliphatic heterocycles. The molecule has 0 spiro atoms. The third-order valence-electron chi connectivity index (χ3n) is 3.79. The third-order valence-corrected chi connectivity index (χ3v) is 5.80. The van der Waals surface area contributed by atoms with E-state index in [1.807, 2.05) is 0 Å². The van der Waals surface area contributed by atoms with Gasteiger partial charge in [-0.05, 0) is 18.2 Å². The molecule has 0 radical (unpaired) electrons. The van der Waals surface area contributed by atoms with Gasteiger partial charge in [-0.1, -0.05) is 11.6 Å². The molecule has 1 aromatic rings. The molecule has 0 aromatic heterocycles. The molecule has 0 saturated carbocycles. The van der Waals surface area contributed by atoms with E-state index in [0.29, 0.717) is 26.3 Å². The molecule has 124 valence electrons. The van der Waals surface area contributed by atoms with E-state index in [2.05, 4.69) is 0 Å². The molecule has 9 heteroatoms. The van der Waals surface area contributed by atoms with E-state index in [4.69, 9.17) is 16.3 Å². The van der Waals surface area contributed by atoms with Crippen molar-refractivity contribution in [2.24, 2.45) is 0 Å². The number of nitrogens with zero attached hydrogens (tertiary/aromatic N) is 2. The monoisotopic (exact) mass is 358 g/mol. The first-order valence-electron chi connectivity index (χ1n) is 7.12. The van der Waals surface area contributed by atoms with Gasteiger partial charge in [-0.2, -0.15) is 0 Å². The molecule has 2 fully saturated rings. The number of carbonyl (C=O) groups excluding carboxylic acids is 2. The maximum absolute atomic E-state index is 12.4. The van der Waals surface area contributed by atoms with Crippen LogP contribution in [0.1, 0.15) is 16.8 Å². The van der Waals surface area contributed by atoms with Crippen molar-refractivity contribution in [2.75, 3.05) is 36.4 Å². The Kier molecular flexibility index (Phi) is 4.31. The number of benzene rings is 1. The van der Waals surface area contributed by atoms with Gasteiger partial charge in [0.05, 0.1) is 35.2 Å². The number of ether oxygens (including phenoxy) is 1. The molecular formula is C14H15ClN2O5S. The van der Waals surface area contributed by atoms with Gasteiger partial charge in [-0.25, -0.2) is 12.7 Å². The van der Waals surface area contributed by atoms with Crippen molar-refractivity contribution in [3.8, 4) is 0 Å². The highest BCUT2D eigenvalue weighted by molar-refractivity contribution is 7.94. The molecule has 0 N–H and O–H groups in total. The summed E-state index contributed by atoms with van der Waals surface area (Å²) in [7, 11) is -3.65. The average molecular weight is 359 g/mol. The molecule has 7 nitrogen and oxygen atoms in total. The topological polar surface area (TPSA) is 84.0 Å². The van der Waals surface area contributed by atoms with Crippen LogP contribution < -0.4 is 4.31 Å². The Bertz CT molecular complexity index is 758. The molecule has 3 rings (SSSR count). The highest BCUT2D eigenvalue weighted by atomic mass is 35.5. The maximum atomic E-state index is 12.4. The van der Waals surface area contributed by atoms with Gasteiger partial charge < -0.3 is 9.64 Å². The Morgan fingerprint density at radius 1 is 1.22 bits per heavy atom. The molecular weight excluding hydrogens is 344 g/mol. The number of hydrogen-bond donors (Lipinski definition) is 0. The lowest BCUT2D eigenvalue weighted by Crippen LogP contribution is -2.40. The number of rotatable bonds is 2. The Morgan fingerprint density at radius 3 is 2.48 bits per heavy atom. The molecule has 0 bridgehead atoms. The molecule has 2 heterocycles. The summed E-state index contributed by atoms with van der Waals surface area (Å²) in [5.74, 6) is -0.938. The minimum Gasteiger partial charge on any atom is -0.378 e. The SMILES string of the molecule is O=C(c1ccc(N2C(=O)CCS2(=O)=O)cc1Cl)N1CCOCC1. The number of carbonyl (C=O) groups is 2. The van der Waals surface area contributed by atoms with Crippen molar-refractivity contribution in [2.45, 2.75) is 6.42 Å². The smallest absolute Gasteiger partial charge is 0.255 e. The lowest BCUT2D eigenvalue weighted by molar-refractivity contribution is -0.116. The summed E-state index contributed by atoms with van der Waals surface area (Å²) in [6.45, 7) is 1.91. The zero-order valence-corrected chi connectivity index (χ0v) is 13.8. The van der Waals surface area contributed by atoms with Crippen LogP contribution in [-0.4, -0.2) is 57.2 Å². The number of morpholine rings is 1. The van der Waals surface area contributed by atoms with E-state index in [1.54, 1.807) is 4.90 Å². The van der Waals surface area contributed by atoms with Crippen molar-refractivity contribution >= 4 is 39.1 Å². The molecule has 0 aliphatic carbocycles. The first-order valence-corrected chi connectivity index (χ1v) is 9.11. The average Bonchev–Trinajstić information content (AvgIpc) is 2.80. The Hall–Kier alpha value is -1.64. The summed E-state index contributed by atoms with van der Waals surface area (Å²) in [6, 6.07) is 4.23. The van der Waals surface area contributed by atoms with Crippen LogP contribution in [0, 0.1) is 0 Å².